The fraction of sp³-hybridized carbons (Fsp3) is 0.333. The number of methoxy groups -OCH3 is 2. The number of aromatic nitrogens is 1. The van der Waals surface area contributed by atoms with Crippen LogP contribution in [0.25, 0.3) is 0 Å². The predicted octanol–water partition coefficient (Wildman–Crippen LogP) is 5.27. The minimum absolute atomic E-state index is 0.0711. The summed E-state index contributed by atoms with van der Waals surface area (Å²) in [7, 11) is -1.18. The maximum atomic E-state index is 13.0. The van der Waals surface area contributed by atoms with Gasteiger partial charge in [-0.25, -0.2) is 14.5 Å². The van der Waals surface area contributed by atoms with Crippen molar-refractivity contribution in [3.63, 3.8) is 0 Å². The third kappa shape index (κ3) is 11.1. The van der Waals surface area contributed by atoms with Gasteiger partial charge in [0.25, 0.3) is 0 Å². The molecule has 1 aromatic heterocycles. The van der Waals surface area contributed by atoms with Crippen LogP contribution in [0.3, 0.4) is 0 Å². The van der Waals surface area contributed by atoms with Gasteiger partial charge in [-0.3, -0.25) is 0 Å². The number of nitrogens with zero attached hydrogens (tertiary/aromatic N) is 1. The highest BCUT2D eigenvalue weighted by Crippen LogP contribution is 2.36. The summed E-state index contributed by atoms with van der Waals surface area (Å²) in [6.07, 6.45) is -4.70. The smallest absolute Gasteiger partial charge is 0.421 e. The average Bonchev–Trinajstić information content (AvgIpc) is 2.96. The molecule has 1 amide bonds. The van der Waals surface area contributed by atoms with Crippen molar-refractivity contribution in [2.24, 2.45) is 0 Å². The summed E-state index contributed by atoms with van der Waals surface area (Å²) in [5.74, 6) is 0.937. The minimum atomic E-state index is -4.63. The normalized spacial score (nSPS) is 11.6. The number of halogens is 4. The number of hydrogen-bond donors (Lipinski definition) is 2. The first-order valence-corrected chi connectivity index (χ1v) is 14.5. The molecule has 0 unspecified atom stereocenters. The van der Waals surface area contributed by atoms with Gasteiger partial charge in [0.05, 0.1) is 25.9 Å². The topological polar surface area (TPSA) is 134 Å². The summed E-state index contributed by atoms with van der Waals surface area (Å²) in [5, 5.41) is -0.353. The lowest BCUT2D eigenvalue weighted by Crippen LogP contribution is -2.40. The molecule has 16 heteroatoms. The molecule has 2 N–H and O–H groups in total. The molecule has 0 spiro atoms. The van der Waals surface area contributed by atoms with Gasteiger partial charge in [-0.2, -0.15) is 26.3 Å². The molecule has 11 nitrogen and oxygen atoms in total. The van der Waals surface area contributed by atoms with Gasteiger partial charge in [0.2, 0.25) is 5.88 Å². The molecule has 3 aromatic rings. The average molecular weight is 648 g/mol. The zero-order valence-corrected chi connectivity index (χ0v) is 24.6. The van der Waals surface area contributed by atoms with Crippen molar-refractivity contribution >= 4 is 27.9 Å². The molecule has 234 valence electrons. The number of nitrogens with one attached hydrogen (secondary N) is 2. The number of ether oxygens (including phenoxy) is 5. The highest BCUT2D eigenvalue weighted by atomic mass is 35.5. The number of benzene rings is 2. The third-order valence-electron chi connectivity index (χ3n) is 5.60. The van der Waals surface area contributed by atoms with E-state index in [-0.39, 0.29) is 49.3 Å². The van der Waals surface area contributed by atoms with Crippen LogP contribution in [0.5, 0.6) is 23.1 Å². The van der Waals surface area contributed by atoms with Gasteiger partial charge in [0.1, 0.15) is 28.9 Å². The van der Waals surface area contributed by atoms with E-state index in [9.17, 15) is 26.4 Å². The lowest BCUT2D eigenvalue weighted by molar-refractivity contribution is -0.137. The van der Waals surface area contributed by atoms with Gasteiger partial charge in [-0.1, -0.05) is 29.8 Å². The van der Waals surface area contributed by atoms with Crippen LogP contribution >= 0.6 is 11.6 Å². The monoisotopic (exact) mass is 647 g/mol. The van der Waals surface area contributed by atoms with Crippen LogP contribution in [0.2, 0.25) is 5.02 Å². The van der Waals surface area contributed by atoms with Gasteiger partial charge in [0.15, 0.2) is 0 Å². The van der Waals surface area contributed by atoms with Gasteiger partial charge in [-0.15, -0.1) is 0 Å². The van der Waals surface area contributed by atoms with Crippen LogP contribution in [0.15, 0.2) is 54.7 Å². The predicted molar refractivity (Wildman–Crippen MR) is 150 cm³/mol. The van der Waals surface area contributed by atoms with E-state index >= 15 is 0 Å². The van der Waals surface area contributed by atoms with Crippen LogP contribution in [0.4, 0.5) is 18.0 Å². The summed E-state index contributed by atoms with van der Waals surface area (Å²) in [4.78, 5) is 15.8. The molecule has 0 radical (unpaired) electrons. The van der Waals surface area contributed by atoms with E-state index in [0.717, 1.165) is 0 Å². The Morgan fingerprint density at radius 2 is 1.72 bits per heavy atom. The van der Waals surface area contributed by atoms with E-state index in [1.807, 2.05) is 0 Å². The fourth-order valence-electron chi connectivity index (χ4n) is 3.45. The molecule has 1 heterocycles. The van der Waals surface area contributed by atoms with Crippen molar-refractivity contribution < 1.29 is 50.1 Å². The third-order valence-corrected chi connectivity index (χ3v) is 6.83. The number of alkyl halides is 3. The van der Waals surface area contributed by atoms with E-state index in [2.05, 4.69) is 9.71 Å². The second-order valence-electron chi connectivity index (χ2n) is 8.74. The molecule has 43 heavy (non-hydrogen) atoms. The van der Waals surface area contributed by atoms with E-state index in [4.69, 9.17) is 35.3 Å². The Morgan fingerprint density at radius 1 is 1.00 bits per heavy atom. The summed E-state index contributed by atoms with van der Waals surface area (Å²) < 4.78 is 93.7. The van der Waals surface area contributed by atoms with Gasteiger partial charge in [-0.05, 0) is 48.2 Å². The number of amides is 1. The first-order chi connectivity index (χ1) is 20.4. The summed E-state index contributed by atoms with van der Waals surface area (Å²) in [5.41, 5.74) is 0.171. The van der Waals surface area contributed by atoms with Gasteiger partial charge < -0.3 is 23.7 Å². The molecule has 3 rings (SSSR count). The lowest BCUT2D eigenvalue weighted by atomic mass is 10.1. The zero-order chi connectivity index (χ0) is 31.5. The molecular formula is C27H29ClF3N3O8S. The van der Waals surface area contributed by atoms with Crippen LogP contribution in [0.1, 0.15) is 23.1 Å². The number of carbonyl (C=O) groups excluding carboxylic acids is 1. The lowest BCUT2D eigenvalue weighted by Gasteiger charge is -2.15. The van der Waals surface area contributed by atoms with E-state index in [0.29, 0.717) is 41.5 Å². The number of pyridine rings is 1. The Labute approximate surface area is 251 Å². The molecule has 0 fully saturated rings. The molecular weight excluding hydrogens is 619 g/mol. The molecule has 2 aromatic carbocycles. The standard InChI is InChI=1S/C27H29ClF3N3O8S/c1-38-12-13-40-22-10-7-19(24(15-22)42-25-23(28)14-20(17-32-25)27(29,30)31)4-3-11-41-26(35)34-43(36,37)33-16-18-5-8-21(39-2)9-6-18/h5-10,14-15,17,33H,3-4,11-13,16H2,1-2H3,(H,34,35). The van der Waals surface area contributed by atoms with Crippen LogP contribution in [-0.4, -0.2) is 53.5 Å². The zero-order valence-electron chi connectivity index (χ0n) is 23.1. The van der Waals surface area contributed by atoms with Crippen molar-refractivity contribution in [2.75, 3.05) is 34.0 Å². The maximum Gasteiger partial charge on any atom is 0.421 e. The van der Waals surface area contributed by atoms with Crippen LogP contribution < -0.4 is 23.7 Å². The largest absolute Gasteiger partial charge is 0.497 e. The number of rotatable bonds is 15. The van der Waals surface area contributed by atoms with E-state index < -0.39 is 28.0 Å². The Bertz CT molecular complexity index is 1480. The fourth-order valence-corrected chi connectivity index (χ4v) is 4.37. The first-order valence-electron chi connectivity index (χ1n) is 12.6. The highest BCUT2D eigenvalue weighted by Gasteiger charge is 2.32. The molecule has 0 aliphatic heterocycles. The van der Waals surface area contributed by atoms with Crippen molar-refractivity contribution in [2.45, 2.75) is 25.6 Å². The summed E-state index contributed by atoms with van der Waals surface area (Å²) >= 11 is 6.00. The Balaban J connectivity index is 1.58. The quantitative estimate of drug-likeness (QED) is 0.212. The minimum Gasteiger partial charge on any atom is -0.497 e. The molecule has 0 saturated heterocycles. The number of hydrogen-bond acceptors (Lipinski definition) is 9. The Morgan fingerprint density at radius 3 is 2.37 bits per heavy atom. The van der Waals surface area contributed by atoms with E-state index in [1.54, 1.807) is 41.1 Å². The van der Waals surface area contributed by atoms with Gasteiger partial charge >= 0.3 is 22.5 Å². The molecule has 0 aliphatic rings. The van der Waals surface area contributed by atoms with Crippen molar-refractivity contribution in [1.29, 1.82) is 0 Å². The maximum absolute atomic E-state index is 13.0. The molecule has 0 bridgehead atoms. The summed E-state index contributed by atoms with van der Waals surface area (Å²) in [6, 6.07) is 12.2. The van der Waals surface area contributed by atoms with Crippen molar-refractivity contribution in [3.05, 3.63) is 76.4 Å². The number of carbonyl (C=O) groups is 1. The number of aryl methyl sites for hydroxylation is 1. The molecule has 0 saturated carbocycles. The molecule has 0 aliphatic carbocycles. The highest BCUT2D eigenvalue weighted by molar-refractivity contribution is 7.88. The first kappa shape index (κ1) is 33.7. The molecule has 0 atom stereocenters. The SMILES string of the molecule is COCCOc1ccc(CCCOC(=O)NS(=O)(=O)NCc2ccc(OC)cc2)c(Oc2ncc(C(F)(F)F)cc2Cl)c1. The Kier molecular flexibility index (Phi) is 12.2. The second kappa shape index (κ2) is 15.6. The van der Waals surface area contributed by atoms with E-state index in [1.165, 1.54) is 20.3 Å². The van der Waals surface area contributed by atoms with Crippen molar-refractivity contribution in [1.82, 2.24) is 14.4 Å². The Hall–Kier alpha value is -3.79. The summed E-state index contributed by atoms with van der Waals surface area (Å²) in [6.45, 7) is 0.314. The van der Waals surface area contributed by atoms with Crippen molar-refractivity contribution in [3.8, 4) is 23.1 Å². The second-order valence-corrected chi connectivity index (χ2v) is 10.6. The van der Waals surface area contributed by atoms with Crippen LogP contribution in [-0.2, 0) is 38.8 Å². The van der Waals surface area contributed by atoms with Crippen LogP contribution in [0, 0.1) is 0 Å². The van der Waals surface area contributed by atoms with Gasteiger partial charge in [0, 0.05) is 25.9 Å².